The molecule has 0 atom stereocenters. The monoisotopic (exact) mass is 351 g/mol. The van der Waals surface area contributed by atoms with Crippen LogP contribution in [0.5, 0.6) is 5.88 Å². The number of nitrogens with one attached hydrogen (secondary N) is 1. The van der Waals surface area contributed by atoms with Crippen LogP contribution < -0.4 is 4.74 Å². The van der Waals surface area contributed by atoms with Crippen LogP contribution in [0, 0.1) is 5.92 Å². The van der Waals surface area contributed by atoms with E-state index in [-0.39, 0.29) is 0 Å². The van der Waals surface area contributed by atoms with Crippen molar-refractivity contribution in [2.75, 3.05) is 20.3 Å². The Morgan fingerprint density at radius 1 is 1.12 bits per heavy atom. The first-order valence-electron chi connectivity index (χ1n) is 8.18. The van der Waals surface area contributed by atoms with Crippen molar-refractivity contribution >= 4 is 5.57 Å². The van der Waals surface area contributed by atoms with Crippen molar-refractivity contribution in [2.45, 2.75) is 19.0 Å². The molecule has 0 radical (unpaired) electrons. The molecule has 2 aromatic rings. The average molecular weight is 351 g/mol. The van der Waals surface area contributed by atoms with Gasteiger partial charge in [0.15, 0.2) is 5.88 Å². The van der Waals surface area contributed by atoms with Crippen LogP contribution in [0.1, 0.15) is 29.7 Å². The second-order valence-electron chi connectivity index (χ2n) is 6.05. The number of rotatable bonds is 4. The standard InChI is InChI=1S/C19H20F3NO2/c1-24-18-7-6-17(23-18)16(12-13-8-10-25-11-9-13)14-2-4-15(5-3-14)19(20,21)22/h2-7,12-13,23H,8-11H2,1H3. The predicted octanol–water partition coefficient (Wildman–Crippen LogP) is 4.90. The van der Waals surface area contributed by atoms with E-state index in [2.05, 4.69) is 11.1 Å². The minimum absolute atomic E-state index is 0.334. The summed E-state index contributed by atoms with van der Waals surface area (Å²) in [6, 6.07) is 8.95. The molecule has 134 valence electrons. The van der Waals surface area contributed by atoms with E-state index in [1.165, 1.54) is 12.1 Å². The minimum atomic E-state index is -4.33. The Bertz CT molecular complexity index is 726. The number of halogens is 3. The van der Waals surface area contributed by atoms with E-state index in [1.807, 2.05) is 6.07 Å². The van der Waals surface area contributed by atoms with Gasteiger partial charge in [-0.25, -0.2) is 0 Å². The van der Waals surface area contributed by atoms with E-state index in [4.69, 9.17) is 9.47 Å². The maximum atomic E-state index is 12.8. The van der Waals surface area contributed by atoms with Gasteiger partial charge in [-0.1, -0.05) is 18.2 Å². The van der Waals surface area contributed by atoms with Crippen molar-refractivity contribution < 1.29 is 22.6 Å². The molecule has 0 aliphatic carbocycles. The zero-order valence-electron chi connectivity index (χ0n) is 13.9. The van der Waals surface area contributed by atoms with Crippen molar-refractivity contribution in [3.05, 3.63) is 59.3 Å². The van der Waals surface area contributed by atoms with E-state index in [0.29, 0.717) is 25.0 Å². The summed E-state index contributed by atoms with van der Waals surface area (Å²) in [5.74, 6) is 0.945. The highest BCUT2D eigenvalue weighted by molar-refractivity contribution is 5.78. The molecule has 1 aromatic carbocycles. The number of methoxy groups -OCH3 is 1. The lowest BCUT2D eigenvalue weighted by Crippen LogP contribution is -2.14. The Labute approximate surface area is 144 Å². The molecule has 0 unspecified atom stereocenters. The molecule has 25 heavy (non-hydrogen) atoms. The summed E-state index contributed by atoms with van der Waals surface area (Å²) in [6.07, 6.45) is -0.404. The zero-order chi connectivity index (χ0) is 17.9. The molecule has 3 nitrogen and oxygen atoms in total. The van der Waals surface area contributed by atoms with E-state index < -0.39 is 11.7 Å². The van der Waals surface area contributed by atoms with Crippen molar-refractivity contribution in [1.82, 2.24) is 4.98 Å². The number of allylic oxidation sites excluding steroid dienone is 1. The Kier molecular flexibility index (Phi) is 5.18. The topological polar surface area (TPSA) is 34.2 Å². The lowest BCUT2D eigenvalue weighted by Gasteiger charge is -2.20. The van der Waals surface area contributed by atoms with Gasteiger partial charge in [-0.05, 0) is 42.5 Å². The molecule has 1 saturated heterocycles. The first-order valence-corrected chi connectivity index (χ1v) is 8.18. The molecule has 1 aliphatic rings. The second kappa shape index (κ2) is 7.35. The number of ether oxygens (including phenoxy) is 2. The van der Waals surface area contributed by atoms with Gasteiger partial charge in [-0.15, -0.1) is 0 Å². The molecule has 0 saturated carbocycles. The van der Waals surface area contributed by atoms with Gasteiger partial charge >= 0.3 is 6.18 Å². The molecule has 1 aliphatic heterocycles. The number of hydrogen-bond acceptors (Lipinski definition) is 2. The van der Waals surface area contributed by atoms with Gasteiger partial charge in [-0.3, -0.25) is 0 Å². The van der Waals surface area contributed by atoms with Crippen molar-refractivity contribution in [1.29, 1.82) is 0 Å². The summed E-state index contributed by atoms with van der Waals surface area (Å²) in [5.41, 5.74) is 1.79. The third-order valence-corrected chi connectivity index (χ3v) is 4.36. The SMILES string of the molecule is COc1ccc(C(=CC2CCOCC2)c2ccc(C(F)(F)F)cc2)[nH]1. The van der Waals surface area contributed by atoms with Gasteiger partial charge < -0.3 is 14.5 Å². The Balaban J connectivity index is 1.96. The normalized spacial score (nSPS) is 16.9. The lowest BCUT2D eigenvalue weighted by molar-refractivity contribution is -0.137. The van der Waals surface area contributed by atoms with Crippen LogP contribution in [0.3, 0.4) is 0 Å². The maximum absolute atomic E-state index is 12.8. The third-order valence-electron chi connectivity index (χ3n) is 4.36. The number of H-pyrrole nitrogens is 1. The first kappa shape index (κ1) is 17.6. The molecule has 6 heteroatoms. The Morgan fingerprint density at radius 3 is 2.36 bits per heavy atom. The molecule has 0 spiro atoms. The van der Waals surface area contributed by atoms with Crippen LogP contribution in [-0.4, -0.2) is 25.3 Å². The summed E-state index contributed by atoms with van der Waals surface area (Å²) in [6.45, 7) is 1.41. The average Bonchev–Trinajstić information content (AvgIpc) is 3.09. The van der Waals surface area contributed by atoms with Gasteiger partial charge in [0.05, 0.1) is 12.7 Å². The van der Waals surface area contributed by atoms with Crippen LogP contribution >= 0.6 is 0 Å². The summed E-state index contributed by atoms with van der Waals surface area (Å²) >= 11 is 0. The lowest BCUT2D eigenvalue weighted by atomic mass is 9.92. The molecule has 2 heterocycles. The van der Waals surface area contributed by atoms with Gasteiger partial charge in [0.25, 0.3) is 0 Å². The number of benzene rings is 1. The van der Waals surface area contributed by atoms with Gasteiger partial charge in [0, 0.05) is 30.5 Å². The highest BCUT2D eigenvalue weighted by atomic mass is 19.4. The van der Waals surface area contributed by atoms with Crippen LogP contribution in [0.15, 0.2) is 42.5 Å². The minimum Gasteiger partial charge on any atom is -0.482 e. The molecule has 1 fully saturated rings. The summed E-state index contributed by atoms with van der Waals surface area (Å²) < 4.78 is 49.0. The fourth-order valence-corrected chi connectivity index (χ4v) is 2.95. The van der Waals surface area contributed by atoms with Gasteiger partial charge in [0.1, 0.15) is 0 Å². The van der Waals surface area contributed by atoms with Gasteiger partial charge in [-0.2, -0.15) is 13.2 Å². The van der Waals surface area contributed by atoms with Crippen LogP contribution in [0.4, 0.5) is 13.2 Å². The fourth-order valence-electron chi connectivity index (χ4n) is 2.95. The van der Waals surface area contributed by atoms with E-state index in [1.54, 1.807) is 13.2 Å². The summed E-state index contributed by atoms with van der Waals surface area (Å²) in [7, 11) is 1.57. The Hall–Kier alpha value is -2.21. The van der Waals surface area contributed by atoms with Crippen LogP contribution in [-0.2, 0) is 10.9 Å². The number of hydrogen-bond donors (Lipinski definition) is 1. The highest BCUT2D eigenvalue weighted by Gasteiger charge is 2.30. The second-order valence-corrected chi connectivity index (χ2v) is 6.05. The number of alkyl halides is 3. The van der Waals surface area contributed by atoms with E-state index in [9.17, 15) is 13.2 Å². The van der Waals surface area contributed by atoms with Crippen LogP contribution in [0.25, 0.3) is 5.57 Å². The molecule has 3 rings (SSSR count). The molecule has 0 amide bonds. The molecular formula is C19H20F3NO2. The molecule has 0 bridgehead atoms. The van der Waals surface area contributed by atoms with Crippen molar-refractivity contribution in [3.63, 3.8) is 0 Å². The fraction of sp³-hybridized carbons (Fsp3) is 0.368. The predicted molar refractivity (Wildman–Crippen MR) is 89.4 cm³/mol. The molecule has 1 aromatic heterocycles. The number of aromatic nitrogens is 1. The first-order chi connectivity index (χ1) is 12.0. The molecule has 1 N–H and O–H groups in total. The van der Waals surface area contributed by atoms with Gasteiger partial charge in [0.2, 0.25) is 0 Å². The molecular weight excluding hydrogens is 331 g/mol. The van der Waals surface area contributed by atoms with Crippen LogP contribution in [0.2, 0.25) is 0 Å². The van der Waals surface area contributed by atoms with E-state index >= 15 is 0 Å². The maximum Gasteiger partial charge on any atom is 0.416 e. The summed E-state index contributed by atoms with van der Waals surface area (Å²) in [4.78, 5) is 3.15. The van der Waals surface area contributed by atoms with Crippen molar-refractivity contribution in [3.8, 4) is 5.88 Å². The highest BCUT2D eigenvalue weighted by Crippen LogP contribution is 2.33. The Morgan fingerprint density at radius 2 is 1.80 bits per heavy atom. The smallest absolute Gasteiger partial charge is 0.416 e. The summed E-state index contributed by atoms with van der Waals surface area (Å²) in [5, 5.41) is 0. The quantitative estimate of drug-likeness (QED) is 0.850. The third kappa shape index (κ3) is 4.25. The zero-order valence-corrected chi connectivity index (χ0v) is 13.9. The largest absolute Gasteiger partial charge is 0.482 e. The van der Waals surface area contributed by atoms with Crippen molar-refractivity contribution in [2.24, 2.45) is 5.92 Å². The number of aromatic amines is 1. The van der Waals surface area contributed by atoms with E-state index in [0.717, 1.165) is 41.8 Å².